The van der Waals surface area contributed by atoms with E-state index in [-0.39, 0.29) is 12.0 Å². The van der Waals surface area contributed by atoms with Gasteiger partial charge in [-0.3, -0.25) is 14.7 Å². The molecule has 0 bridgehead atoms. The van der Waals surface area contributed by atoms with Crippen LogP contribution in [0.25, 0.3) is 0 Å². The van der Waals surface area contributed by atoms with Crippen molar-refractivity contribution in [1.82, 2.24) is 10.2 Å². The second kappa shape index (κ2) is 3.22. The van der Waals surface area contributed by atoms with Gasteiger partial charge in [0, 0.05) is 18.2 Å². The molecule has 6 heteroatoms. The Morgan fingerprint density at radius 1 is 1.75 bits per heavy atom. The quantitative estimate of drug-likeness (QED) is 0.450. The highest BCUT2D eigenvalue weighted by molar-refractivity contribution is 5.73. The Hall–Kier alpha value is -1.56. The van der Waals surface area contributed by atoms with Gasteiger partial charge in [0.1, 0.15) is 6.04 Å². The number of carboxylic acid groups (broad SMARTS) is 1. The minimum absolute atomic E-state index is 0.0359. The third kappa shape index (κ3) is 1.73. The van der Waals surface area contributed by atoms with Crippen LogP contribution in [0, 0.1) is 0 Å². The first-order valence-electron chi connectivity index (χ1n) is 3.34. The molecular formula is C6H9N3O3. The molecule has 66 valence electrons. The van der Waals surface area contributed by atoms with Crippen LogP contribution in [0.1, 0.15) is 5.56 Å². The minimum Gasteiger partial charge on any atom is -0.480 e. The lowest BCUT2D eigenvalue weighted by molar-refractivity contribution is -0.138. The standard InChI is InChI=1S/C6H9N3O3/c7-4(6(11)12)1-3-2-8-9-5(3)10/h2,4H,1,7H2,(H,11,12)(H2,8,9,10)/t4-/m0/s1. The molecule has 0 amide bonds. The Bertz CT molecular complexity index is 327. The van der Waals surface area contributed by atoms with Crippen LogP contribution >= 0.6 is 0 Å². The van der Waals surface area contributed by atoms with Crippen LogP contribution in [0.2, 0.25) is 0 Å². The highest BCUT2D eigenvalue weighted by atomic mass is 16.4. The number of nitrogens with two attached hydrogens (primary N) is 1. The number of rotatable bonds is 3. The third-order valence-corrected chi connectivity index (χ3v) is 1.48. The molecule has 12 heavy (non-hydrogen) atoms. The van der Waals surface area contributed by atoms with Gasteiger partial charge in [0.15, 0.2) is 0 Å². The molecule has 1 rings (SSSR count). The van der Waals surface area contributed by atoms with Crippen LogP contribution in [0.5, 0.6) is 0 Å². The molecule has 0 unspecified atom stereocenters. The SMILES string of the molecule is N[C@@H](Cc1c[nH][nH]c1=O)C(=O)O. The van der Waals surface area contributed by atoms with Crippen molar-refractivity contribution in [2.24, 2.45) is 5.73 Å². The van der Waals surface area contributed by atoms with Crippen LogP contribution in [-0.4, -0.2) is 27.3 Å². The average Bonchev–Trinajstić information content (AvgIpc) is 2.36. The molecule has 5 N–H and O–H groups in total. The number of aromatic nitrogens is 2. The van der Waals surface area contributed by atoms with Crippen molar-refractivity contribution >= 4 is 5.97 Å². The number of nitrogens with one attached hydrogen (secondary N) is 2. The Morgan fingerprint density at radius 3 is 2.83 bits per heavy atom. The van der Waals surface area contributed by atoms with Gasteiger partial charge in [-0.05, 0) is 0 Å². The number of hydrogen-bond acceptors (Lipinski definition) is 3. The number of carbonyl (C=O) groups is 1. The van der Waals surface area contributed by atoms with Gasteiger partial charge in [-0.1, -0.05) is 0 Å². The van der Waals surface area contributed by atoms with E-state index in [9.17, 15) is 9.59 Å². The zero-order valence-electron chi connectivity index (χ0n) is 6.20. The lowest BCUT2D eigenvalue weighted by Crippen LogP contribution is -2.33. The maximum Gasteiger partial charge on any atom is 0.320 e. The lowest BCUT2D eigenvalue weighted by atomic mass is 10.1. The zero-order valence-corrected chi connectivity index (χ0v) is 6.20. The molecule has 1 aromatic heterocycles. The van der Waals surface area contributed by atoms with Crippen LogP contribution in [0.3, 0.4) is 0 Å². The Balaban J connectivity index is 2.70. The smallest absolute Gasteiger partial charge is 0.320 e. The molecule has 6 nitrogen and oxygen atoms in total. The molecule has 0 aromatic carbocycles. The molecule has 0 saturated carbocycles. The zero-order chi connectivity index (χ0) is 9.14. The van der Waals surface area contributed by atoms with Gasteiger partial charge in [0.05, 0.1) is 0 Å². The number of hydrogen-bond donors (Lipinski definition) is 4. The summed E-state index contributed by atoms with van der Waals surface area (Å²) in [6.07, 6.45) is 1.44. The van der Waals surface area contributed by atoms with Crippen LogP contribution in [0.4, 0.5) is 0 Å². The van der Waals surface area contributed by atoms with E-state index in [0.29, 0.717) is 5.56 Å². The summed E-state index contributed by atoms with van der Waals surface area (Å²) in [5.41, 5.74) is 5.24. The van der Waals surface area contributed by atoms with Crippen molar-refractivity contribution in [3.05, 3.63) is 22.1 Å². The summed E-state index contributed by atoms with van der Waals surface area (Å²) in [6.45, 7) is 0. The Kier molecular flexibility index (Phi) is 2.29. The molecule has 0 aliphatic heterocycles. The fourth-order valence-corrected chi connectivity index (χ4v) is 0.810. The first kappa shape index (κ1) is 8.54. The molecule has 0 fully saturated rings. The summed E-state index contributed by atoms with van der Waals surface area (Å²) in [6, 6.07) is -1.03. The number of carboxylic acids is 1. The average molecular weight is 171 g/mol. The molecular weight excluding hydrogens is 162 g/mol. The molecule has 1 aromatic rings. The molecule has 0 saturated heterocycles. The number of H-pyrrole nitrogens is 2. The van der Waals surface area contributed by atoms with Gasteiger partial charge >= 0.3 is 5.97 Å². The van der Waals surface area contributed by atoms with E-state index in [4.69, 9.17) is 10.8 Å². The number of aliphatic carboxylic acids is 1. The molecule has 0 aliphatic carbocycles. The van der Waals surface area contributed by atoms with E-state index < -0.39 is 12.0 Å². The lowest BCUT2D eigenvalue weighted by Gasteiger charge is -2.01. The predicted molar refractivity (Wildman–Crippen MR) is 40.7 cm³/mol. The van der Waals surface area contributed by atoms with Crippen molar-refractivity contribution in [2.45, 2.75) is 12.5 Å². The Labute approximate surface area is 67.4 Å². The van der Waals surface area contributed by atoms with Crippen molar-refractivity contribution in [3.8, 4) is 0 Å². The monoisotopic (exact) mass is 171 g/mol. The second-order valence-corrected chi connectivity index (χ2v) is 2.42. The van der Waals surface area contributed by atoms with Gasteiger partial charge in [-0.15, -0.1) is 0 Å². The first-order valence-corrected chi connectivity index (χ1v) is 3.34. The fourth-order valence-electron chi connectivity index (χ4n) is 0.810. The van der Waals surface area contributed by atoms with E-state index in [1.807, 2.05) is 0 Å². The van der Waals surface area contributed by atoms with Gasteiger partial charge in [0.25, 0.3) is 5.56 Å². The predicted octanol–water partition coefficient (Wildman–Crippen LogP) is -1.34. The maximum atomic E-state index is 10.8. The topological polar surface area (TPSA) is 112 Å². The second-order valence-electron chi connectivity index (χ2n) is 2.42. The maximum absolute atomic E-state index is 10.8. The van der Waals surface area contributed by atoms with Crippen LogP contribution in [-0.2, 0) is 11.2 Å². The summed E-state index contributed by atoms with van der Waals surface area (Å²) in [7, 11) is 0. The van der Waals surface area contributed by atoms with E-state index in [2.05, 4.69) is 10.2 Å². The molecule has 1 heterocycles. The molecule has 0 spiro atoms. The summed E-state index contributed by atoms with van der Waals surface area (Å²) in [5.74, 6) is -1.12. The Morgan fingerprint density at radius 2 is 2.42 bits per heavy atom. The van der Waals surface area contributed by atoms with Gasteiger partial charge in [0.2, 0.25) is 0 Å². The van der Waals surface area contributed by atoms with Crippen LogP contribution < -0.4 is 11.3 Å². The summed E-state index contributed by atoms with van der Waals surface area (Å²) in [5, 5.41) is 13.2. The van der Waals surface area contributed by atoms with Crippen molar-refractivity contribution < 1.29 is 9.90 Å². The summed E-state index contributed by atoms with van der Waals surface area (Å²) in [4.78, 5) is 21.1. The van der Waals surface area contributed by atoms with Crippen molar-refractivity contribution in [3.63, 3.8) is 0 Å². The van der Waals surface area contributed by atoms with E-state index in [1.54, 1.807) is 0 Å². The molecule has 1 atom stereocenters. The van der Waals surface area contributed by atoms with Gasteiger partial charge in [-0.25, -0.2) is 0 Å². The molecule has 0 aliphatic rings. The summed E-state index contributed by atoms with van der Waals surface area (Å²) >= 11 is 0. The van der Waals surface area contributed by atoms with E-state index >= 15 is 0 Å². The van der Waals surface area contributed by atoms with Crippen molar-refractivity contribution in [1.29, 1.82) is 0 Å². The normalized spacial score (nSPS) is 12.8. The van der Waals surface area contributed by atoms with Gasteiger partial charge < -0.3 is 15.9 Å². The summed E-state index contributed by atoms with van der Waals surface area (Å²) < 4.78 is 0. The van der Waals surface area contributed by atoms with Crippen molar-refractivity contribution in [2.75, 3.05) is 0 Å². The first-order chi connectivity index (χ1) is 5.61. The minimum atomic E-state index is -1.12. The van der Waals surface area contributed by atoms with E-state index in [1.165, 1.54) is 6.20 Å². The van der Waals surface area contributed by atoms with E-state index in [0.717, 1.165) is 0 Å². The van der Waals surface area contributed by atoms with Gasteiger partial charge in [-0.2, -0.15) is 0 Å². The molecule has 0 radical (unpaired) electrons. The third-order valence-electron chi connectivity index (χ3n) is 1.48. The van der Waals surface area contributed by atoms with Crippen LogP contribution in [0.15, 0.2) is 11.0 Å². The fraction of sp³-hybridized carbons (Fsp3) is 0.333. The number of aromatic amines is 2. The highest BCUT2D eigenvalue weighted by Gasteiger charge is 2.14. The largest absolute Gasteiger partial charge is 0.480 e. The highest BCUT2D eigenvalue weighted by Crippen LogP contribution is 1.92.